The molecular formula is C12H16FNO2. The molecule has 4 heteroatoms. The van der Waals surface area contributed by atoms with Gasteiger partial charge in [-0.3, -0.25) is 4.79 Å². The number of carbonyl (C=O) groups excluding carboxylic acids is 1. The Labute approximate surface area is 94.5 Å². The molecule has 0 heterocycles. The summed E-state index contributed by atoms with van der Waals surface area (Å²) in [5, 5.41) is 8.61. The Morgan fingerprint density at radius 2 is 2.00 bits per heavy atom. The van der Waals surface area contributed by atoms with Crippen molar-refractivity contribution in [1.29, 1.82) is 0 Å². The van der Waals surface area contributed by atoms with E-state index in [4.69, 9.17) is 5.11 Å². The molecule has 1 aromatic rings. The fraction of sp³-hybridized carbons (Fsp3) is 0.417. The molecule has 1 aromatic carbocycles. The van der Waals surface area contributed by atoms with Crippen LogP contribution in [0, 0.1) is 5.82 Å². The van der Waals surface area contributed by atoms with Crippen LogP contribution in [0.2, 0.25) is 0 Å². The summed E-state index contributed by atoms with van der Waals surface area (Å²) in [5.41, 5.74) is 0.991. The smallest absolute Gasteiger partial charge is 0.224 e. The molecule has 0 bridgehead atoms. The summed E-state index contributed by atoms with van der Waals surface area (Å²) in [4.78, 5) is 12.9. The second-order valence-electron chi connectivity index (χ2n) is 3.67. The Bertz CT molecular complexity index is 337. The first-order valence-corrected chi connectivity index (χ1v) is 5.22. The number of amides is 1. The van der Waals surface area contributed by atoms with Gasteiger partial charge in [-0.25, -0.2) is 4.39 Å². The van der Waals surface area contributed by atoms with E-state index in [1.807, 2.05) is 0 Å². The minimum atomic E-state index is -0.256. The van der Waals surface area contributed by atoms with Crippen molar-refractivity contribution in [2.75, 3.05) is 20.2 Å². The minimum absolute atomic E-state index is 0.0791. The molecule has 1 amide bonds. The first kappa shape index (κ1) is 12.6. The number of rotatable bonds is 5. The van der Waals surface area contributed by atoms with Gasteiger partial charge in [0.05, 0.1) is 6.61 Å². The number of halogens is 1. The maximum Gasteiger partial charge on any atom is 0.224 e. The predicted octanol–water partition coefficient (Wildman–Crippen LogP) is 1.21. The van der Waals surface area contributed by atoms with Crippen LogP contribution in [0.25, 0.3) is 0 Å². The lowest BCUT2D eigenvalue weighted by Crippen LogP contribution is -2.29. The molecule has 1 N–H and O–H groups in total. The van der Waals surface area contributed by atoms with Crippen LogP contribution < -0.4 is 0 Å². The average molecular weight is 225 g/mol. The van der Waals surface area contributed by atoms with Crippen LogP contribution in [-0.4, -0.2) is 36.1 Å². The van der Waals surface area contributed by atoms with Gasteiger partial charge in [-0.15, -0.1) is 0 Å². The third-order valence-corrected chi connectivity index (χ3v) is 2.40. The third kappa shape index (κ3) is 3.98. The fourth-order valence-corrected chi connectivity index (χ4v) is 1.36. The Morgan fingerprint density at radius 3 is 2.56 bits per heavy atom. The summed E-state index contributed by atoms with van der Waals surface area (Å²) < 4.78 is 12.6. The summed E-state index contributed by atoms with van der Waals surface area (Å²) in [6.45, 7) is 0.449. The van der Waals surface area contributed by atoms with Crippen molar-refractivity contribution in [2.45, 2.75) is 12.8 Å². The first-order valence-electron chi connectivity index (χ1n) is 5.22. The minimum Gasteiger partial charge on any atom is -0.396 e. The largest absolute Gasteiger partial charge is 0.396 e. The highest BCUT2D eigenvalue weighted by Gasteiger charge is 2.07. The first-order chi connectivity index (χ1) is 7.63. The molecule has 0 unspecified atom stereocenters. The van der Waals surface area contributed by atoms with Crippen molar-refractivity contribution < 1.29 is 14.3 Å². The third-order valence-electron chi connectivity index (χ3n) is 2.40. The standard InChI is InChI=1S/C12H16FNO2/c1-14(12(16)7-9-15)8-6-10-2-4-11(13)5-3-10/h2-5,15H,6-9H2,1H3. The van der Waals surface area contributed by atoms with E-state index in [1.54, 1.807) is 24.1 Å². The van der Waals surface area contributed by atoms with Crippen molar-refractivity contribution in [3.63, 3.8) is 0 Å². The Kier molecular flexibility index (Phi) is 4.92. The molecule has 0 aliphatic carbocycles. The van der Waals surface area contributed by atoms with Crippen LogP contribution in [0.3, 0.4) is 0 Å². The molecule has 3 nitrogen and oxygen atoms in total. The molecule has 0 atom stereocenters. The Hall–Kier alpha value is -1.42. The monoisotopic (exact) mass is 225 g/mol. The number of nitrogens with zero attached hydrogens (tertiary/aromatic N) is 1. The predicted molar refractivity (Wildman–Crippen MR) is 59.4 cm³/mol. The number of aliphatic hydroxyl groups is 1. The molecule has 0 spiro atoms. The van der Waals surface area contributed by atoms with Crippen LogP contribution in [0.1, 0.15) is 12.0 Å². The highest BCUT2D eigenvalue weighted by molar-refractivity contribution is 5.75. The summed E-state index contributed by atoms with van der Waals surface area (Å²) in [7, 11) is 1.70. The zero-order valence-corrected chi connectivity index (χ0v) is 9.32. The van der Waals surface area contributed by atoms with Gasteiger partial charge >= 0.3 is 0 Å². The maximum absolute atomic E-state index is 12.6. The number of likely N-dealkylation sites (N-methyl/N-ethyl adjacent to an activating group) is 1. The van der Waals surface area contributed by atoms with E-state index in [0.717, 1.165) is 5.56 Å². The molecule has 0 aromatic heterocycles. The van der Waals surface area contributed by atoms with Gasteiger partial charge in [-0.05, 0) is 24.1 Å². The summed E-state index contributed by atoms with van der Waals surface area (Å²) in [6, 6.07) is 6.23. The molecular weight excluding hydrogens is 209 g/mol. The normalized spacial score (nSPS) is 10.2. The van der Waals surface area contributed by atoms with E-state index >= 15 is 0 Å². The van der Waals surface area contributed by atoms with E-state index in [-0.39, 0.29) is 24.8 Å². The lowest BCUT2D eigenvalue weighted by Gasteiger charge is -2.16. The zero-order valence-electron chi connectivity index (χ0n) is 9.32. The Balaban J connectivity index is 2.39. The van der Waals surface area contributed by atoms with Crippen molar-refractivity contribution in [3.8, 4) is 0 Å². The summed E-state index contributed by atoms with van der Waals surface area (Å²) in [6.07, 6.45) is 0.841. The number of hydrogen-bond acceptors (Lipinski definition) is 2. The molecule has 0 fully saturated rings. The van der Waals surface area contributed by atoms with Crippen LogP contribution in [-0.2, 0) is 11.2 Å². The zero-order chi connectivity index (χ0) is 12.0. The van der Waals surface area contributed by atoms with Gasteiger partial charge in [0.1, 0.15) is 5.82 Å². The number of aliphatic hydroxyl groups excluding tert-OH is 1. The number of benzene rings is 1. The lowest BCUT2D eigenvalue weighted by atomic mass is 10.1. The average Bonchev–Trinajstić information content (AvgIpc) is 2.28. The van der Waals surface area contributed by atoms with Crippen molar-refractivity contribution in [1.82, 2.24) is 4.90 Å². The fourth-order valence-electron chi connectivity index (χ4n) is 1.36. The van der Waals surface area contributed by atoms with Crippen LogP contribution in [0.15, 0.2) is 24.3 Å². The molecule has 0 saturated heterocycles. The lowest BCUT2D eigenvalue weighted by molar-refractivity contribution is -0.130. The molecule has 0 radical (unpaired) electrons. The van der Waals surface area contributed by atoms with Gasteiger partial charge in [0.2, 0.25) is 5.91 Å². The molecule has 1 rings (SSSR count). The maximum atomic E-state index is 12.6. The van der Waals surface area contributed by atoms with Crippen molar-refractivity contribution in [2.24, 2.45) is 0 Å². The molecule has 0 aliphatic rings. The highest BCUT2D eigenvalue weighted by Crippen LogP contribution is 2.04. The molecule has 0 saturated carbocycles. The quantitative estimate of drug-likeness (QED) is 0.818. The van der Waals surface area contributed by atoms with Gasteiger partial charge in [0.25, 0.3) is 0 Å². The second kappa shape index (κ2) is 6.23. The summed E-state index contributed by atoms with van der Waals surface area (Å²) >= 11 is 0. The van der Waals surface area contributed by atoms with E-state index in [0.29, 0.717) is 13.0 Å². The van der Waals surface area contributed by atoms with Gasteiger partial charge in [-0.1, -0.05) is 12.1 Å². The number of carbonyl (C=O) groups is 1. The van der Waals surface area contributed by atoms with Crippen LogP contribution in [0.4, 0.5) is 4.39 Å². The van der Waals surface area contributed by atoms with Crippen molar-refractivity contribution in [3.05, 3.63) is 35.6 Å². The Morgan fingerprint density at radius 1 is 1.38 bits per heavy atom. The summed E-state index contributed by atoms with van der Waals surface area (Å²) in [5.74, 6) is -0.335. The molecule has 88 valence electrons. The highest BCUT2D eigenvalue weighted by atomic mass is 19.1. The van der Waals surface area contributed by atoms with Gasteiger partial charge < -0.3 is 10.0 Å². The second-order valence-corrected chi connectivity index (χ2v) is 3.67. The van der Waals surface area contributed by atoms with E-state index < -0.39 is 0 Å². The SMILES string of the molecule is CN(CCc1ccc(F)cc1)C(=O)CCO. The topological polar surface area (TPSA) is 40.5 Å². The molecule has 16 heavy (non-hydrogen) atoms. The van der Waals surface area contributed by atoms with E-state index in [2.05, 4.69) is 0 Å². The van der Waals surface area contributed by atoms with Gasteiger partial charge in [0.15, 0.2) is 0 Å². The number of hydrogen-bond donors (Lipinski definition) is 1. The van der Waals surface area contributed by atoms with E-state index in [9.17, 15) is 9.18 Å². The van der Waals surface area contributed by atoms with Gasteiger partial charge in [-0.2, -0.15) is 0 Å². The van der Waals surface area contributed by atoms with Crippen LogP contribution in [0.5, 0.6) is 0 Å². The molecule has 0 aliphatic heterocycles. The van der Waals surface area contributed by atoms with Crippen molar-refractivity contribution >= 4 is 5.91 Å². The van der Waals surface area contributed by atoms with E-state index in [1.165, 1.54) is 12.1 Å². The van der Waals surface area contributed by atoms with Gasteiger partial charge in [0, 0.05) is 20.0 Å². The van der Waals surface area contributed by atoms with Crippen LogP contribution >= 0.6 is 0 Å².